The summed E-state index contributed by atoms with van der Waals surface area (Å²) in [5, 5.41) is 1.84. The lowest BCUT2D eigenvalue weighted by molar-refractivity contribution is 0.985. The minimum absolute atomic E-state index is 0.282. The van der Waals surface area contributed by atoms with Crippen molar-refractivity contribution in [3.05, 3.63) is 54.1 Å². The summed E-state index contributed by atoms with van der Waals surface area (Å²) < 4.78 is 0.282. The van der Waals surface area contributed by atoms with Gasteiger partial charge in [0.1, 0.15) is 0 Å². The highest BCUT2D eigenvalue weighted by Crippen LogP contribution is 2.50. The third-order valence-corrected chi connectivity index (χ3v) is 9.86. The third-order valence-electron chi connectivity index (χ3n) is 4.06. The fraction of sp³-hybridized carbons (Fsp3) is 0.444. The molecule has 4 rings (SSSR count). The fourth-order valence-corrected chi connectivity index (χ4v) is 7.13. The maximum Gasteiger partial charge on any atom is 0.0829 e. The maximum absolute atomic E-state index is 2.49. The first-order valence-corrected chi connectivity index (χ1v) is 11.9. The zero-order valence-electron chi connectivity index (χ0n) is 12.4. The molecule has 0 aromatic heterocycles. The normalized spacial score (nSPS) is 32.6. The van der Waals surface area contributed by atoms with Gasteiger partial charge in [-0.25, -0.2) is 0 Å². The predicted octanol–water partition coefficient (Wildman–Crippen LogP) is 5.42. The van der Waals surface area contributed by atoms with Gasteiger partial charge in [-0.2, -0.15) is 23.5 Å². The van der Waals surface area contributed by atoms with Gasteiger partial charge in [0.25, 0.3) is 0 Å². The molecule has 1 aromatic carbocycles. The van der Waals surface area contributed by atoms with Crippen LogP contribution in [-0.2, 0) is 0 Å². The SMILES string of the molecule is C1=CC(SCC2CS2)(SCC2CS2)CC=C1c1ccccc1. The smallest absolute Gasteiger partial charge is 0.0829 e. The van der Waals surface area contributed by atoms with Crippen molar-refractivity contribution in [2.75, 3.05) is 23.0 Å². The van der Waals surface area contributed by atoms with Crippen LogP contribution in [-0.4, -0.2) is 37.6 Å². The molecule has 2 unspecified atom stereocenters. The summed E-state index contributed by atoms with van der Waals surface area (Å²) in [4.78, 5) is 0. The Morgan fingerprint density at radius 2 is 1.64 bits per heavy atom. The number of thioether (sulfide) groups is 4. The molecule has 2 atom stereocenters. The molecular formula is C18H20S4. The van der Waals surface area contributed by atoms with Crippen LogP contribution in [0.15, 0.2) is 48.6 Å². The molecule has 1 aromatic rings. The van der Waals surface area contributed by atoms with Crippen molar-refractivity contribution in [1.82, 2.24) is 0 Å². The van der Waals surface area contributed by atoms with Gasteiger partial charge < -0.3 is 0 Å². The first kappa shape index (κ1) is 15.6. The topological polar surface area (TPSA) is 0 Å². The van der Waals surface area contributed by atoms with Gasteiger partial charge >= 0.3 is 0 Å². The van der Waals surface area contributed by atoms with E-state index in [-0.39, 0.29) is 4.08 Å². The molecule has 0 nitrogen and oxygen atoms in total. The van der Waals surface area contributed by atoms with Gasteiger partial charge in [-0.1, -0.05) is 48.6 Å². The van der Waals surface area contributed by atoms with Crippen LogP contribution >= 0.6 is 47.0 Å². The lowest BCUT2D eigenvalue weighted by Gasteiger charge is -2.31. The van der Waals surface area contributed by atoms with Crippen molar-refractivity contribution in [3.8, 4) is 0 Å². The molecule has 116 valence electrons. The summed E-state index contributed by atoms with van der Waals surface area (Å²) in [6, 6.07) is 10.8. The summed E-state index contributed by atoms with van der Waals surface area (Å²) in [6.07, 6.45) is 8.47. The molecule has 2 aliphatic heterocycles. The number of allylic oxidation sites excluding steroid dienone is 3. The van der Waals surface area contributed by atoms with Crippen molar-refractivity contribution in [3.63, 3.8) is 0 Å². The average Bonchev–Trinajstić information content (AvgIpc) is 3.48. The largest absolute Gasteiger partial charge is 0.156 e. The van der Waals surface area contributed by atoms with Crippen LogP contribution in [0.1, 0.15) is 12.0 Å². The number of hydrogen-bond donors (Lipinski definition) is 0. The van der Waals surface area contributed by atoms with Crippen LogP contribution in [0.2, 0.25) is 0 Å². The van der Waals surface area contributed by atoms with E-state index in [2.05, 4.69) is 95.6 Å². The molecule has 2 saturated heterocycles. The van der Waals surface area contributed by atoms with Crippen LogP contribution in [0, 0.1) is 0 Å². The molecule has 2 heterocycles. The van der Waals surface area contributed by atoms with Crippen LogP contribution in [0.3, 0.4) is 0 Å². The summed E-state index contributed by atoms with van der Waals surface area (Å²) in [5.41, 5.74) is 2.73. The zero-order valence-corrected chi connectivity index (χ0v) is 15.7. The molecule has 2 fully saturated rings. The number of benzene rings is 1. The van der Waals surface area contributed by atoms with Crippen molar-refractivity contribution in [2.45, 2.75) is 21.0 Å². The molecule has 0 spiro atoms. The molecule has 0 bridgehead atoms. The molecule has 0 N–H and O–H groups in total. The second-order valence-corrected chi connectivity index (χ2v) is 11.5. The molecule has 4 heteroatoms. The van der Waals surface area contributed by atoms with E-state index in [9.17, 15) is 0 Å². The standard InChI is InChI=1S/C18H20S4/c1-2-4-14(5-3-1)15-6-8-18(9-7-15,21-12-16-10-19-16)22-13-17-11-20-17/h1-8,16-17H,9-13H2. The Hall–Kier alpha value is 0.1000. The van der Waals surface area contributed by atoms with Crippen LogP contribution in [0.4, 0.5) is 0 Å². The summed E-state index contributed by atoms with van der Waals surface area (Å²) >= 11 is 8.60. The molecule has 22 heavy (non-hydrogen) atoms. The second kappa shape index (κ2) is 6.92. The van der Waals surface area contributed by atoms with Crippen molar-refractivity contribution < 1.29 is 0 Å². The summed E-state index contributed by atoms with van der Waals surface area (Å²) in [7, 11) is 0. The molecule has 3 aliphatic rings. The first-order chi connectivity index (χ1) is 10.8. The Morgan fingerprint density at radius 3 is 2.14 bits per heavy atom. The Balaban J connectivity index is 1.45. The van der Waals surface area contributed by atoms with Crippen LogP contribution < -0.4 is 0 Å². The molecule has 0 amide bonds. The molecule has 0 radical (unpaired) electrons. The summed E-state index contributed by atoms with van der Waals surface area (Å²) in [5.74, 6) is 5.38. The van der Waals surface area contributed by atoms with Gasteiger partial charge in [-0.3, -0.25) is 0 Å². The van der Waals surface area contributed by atoms with Crippen LogP contribution in [0.25, 0.3) is 5.57 Å². The Morgan fingerprint density at radius 1 is 1.00 bits per heavy atom. The van der Waals surface area contributed by atoms with Gasteiger partial charge in [-0.15, -0.1) is 23.5 Å². The van der Waals surface area contributed by atoms with Gasteiger partial charge in [-0.05, 0) is 17.6 Å². The van der Waals surface area contributed by atoms with Gasteiger partial charge in [0, 0.05) is 33.5 Å². The van der Waals surface area contributed by atoms with E-state index in [1.165, 1.54) is 34.1 Å². The number of hydrogen-bond acceptors (Lipinski definition) is 4. The molecule has 0 saturated carbocycles. The van der Waals surface area contributed by atoms with E-state index < -0.39 is 0 Å². The maximum atomic E-state index is 2.49. The average molecular weight is 365 g/mol. The molecule has 1 aliphatic carbocycles. The predicted molar refractivity (Wildman–Crippen MR) is 108 cm³/mol. The van der Waals surface area contributed by atoms with E-state index in [0.29, 0.717) is 0 Å². The lowest BCUT2D eigenvalue weighted by Crippen LogP contribution is -2.21. The van der Waals surface area contributed by atoms with Crippen molar-refractivity contribution in [2.24, 2.45) is 0 Å². The molecular weight excluding hydrogens is 344 g/mol. The van der Waals surface area contributed by atoms with Gasteiger partial charge in [0.05, 0.1) is 4.08 Å². The van der Waals surface area contributed by atoms with E-state index in [0.717, 1.165) is 16.9 Å². The monoisotopic (exact) mass is 364 g/mol. The lowest BCUT2D eigenvalue weighted by atomic mass is 9.99. The summed E-state index contributed by atoms with van der Waals surface area (Å²) in [6.45, 7) is 0. The van der Waals surface area contributed by atoms with E-state index >= 15 is 0 Å². The Labute approximate surface area is 150 Å². The van der Waals surface area contributed by atoms with Crippen molar-refractivity contribution in [1.29, 1.82) is 0 Å². The van der Waals surface area contributed by atoms with E-state index in [1.54, 1.807) is 0 Å². The Bertz CT molecular complexity index is 554. The highest BCUT2D eigenvalue weighted by Gasteiger charge is 2.35. The first-order valence-electron chi connectivity index (χ1n) is 7.79. The van der Waals surface area contributed by atoms with Gasteiger partial charge in [0.15, 0.2) is 0 Å². The highest BCUT2D eigenvalue weighted by atomic mass is 32.2. The van der Waals surface area contributed by atoms with Crippen LogP contribution in [0.5, 0.6) is 0 Å². The van der Waals surface area contributed by atoms with Crippen molar-refractivity contribution >= 4 is 52.6 Å². The number of rotatable bonds is 7. The fourth-order valence-electron chi connectivity index (χ4n) is 2.50. The minimum atomic E-state index is 0.282. The second-order valence-electron chi connectivity index (χ2n) is 5.91. The van der Waals surface area contributed by atoms with E-state index in [1.807, 2.05) is 0 Å². The quantitative estimate of drug-likeness (QED) is 0.467. The Kier molecular flexibility index (Phi) is 4.91. The highest BCUT2D eigenvalue weighted by molar-refractivity contribution is 8.19. The van der Waals surface area contributed by atoms with E-state index in [4.69, 9.17) is 0 Å². The third kappa shape index (κ3) is 4.14. The zero-order chi connectivity index (χ0) is 14.8. The minimum Gasteiger partial charge on any atom is -0.156 e. The van der Waals surface area contributed by atoms with Gasteiger partial charge in [0.2, 0.25) is 0 Å².